The van der Waals surface area contributed by atoms with Crippen LogP contribution < -0.4 is 0 Å². The zero-order valence-corrected chi connectivity index (χ0v) is 8.64. The Morgan fingerprint density at radius 1 is 1.00 bits per heavy atom. The molecule has 3 fully saturated rings. The second kappa shape index (κ2) is 3.21. The van der Waals surface area contributed by atoms with Gasteiger partial charge in [0.25, 0.3) is 0 Å². The standard InChI is InChI=1S/C10H21FN2/c1-12-5-8-13(9-6-12,10-7-12)4-2-3-11/h2-10H2,1H3/q+2. The van der Waals surface area contributed by atoms with Crippen molar-refractivity contribution in [3.05, 3.63) is 0 Å². The minimum absolute atomic E-state index is 0.133. The number of quaternary nitrogens is 2. The molecule has 0 atom stereocenters. The highest BCUT2D eigenvalue weighted by atomic mass is 19.1. The van der Waals surface area contributed by atoms with Crippen LogP contribution in [0.25, 0.3) is 0 Å². The van der Waals surface area contributed by atoms with E-state index in [2.05, 4.69) is 7.05 Å². The molecule has 3 aliphatic heterocycles. The van der Waals surface area contributed by atoms with Gasteiger partial charge in [0.1, 0.15) is 39.3 Å². The first-order chi connectivity index (χ1) is 6.18. The second-order valence-electron chi connectivity index (χ2n) is 5.07. The first-order valence-corrected chi connectivity index (χ1v) is 5.43. The number of likely N-dealkylation sites (N-methyl/N-ethyl adjacent to an activating group) is 1. The molecule has 0 aromatic rings. The Morgan fingerprint density at radius 3 is 2.00 bits per heavy atom. The normalized spacial score (nSPS) is 43.8. The third-order valence-electron chi connectivity index (χ3n) is 4.11. The van der Waals surface area contributed by atoms with Crippen LogP contribution in [-0.4, -0.2) is 68.5 Å². The molecule has 3 aliphatic rings. The van der Waals surface area contributed by atoms with E-state index in [0.717, 1.165) is 13.0 Å². The fourth-order valence-corrected chi connectivity index (χ4v) is 2.76. The van der Waals surface area contributed by atoms with Gasteiger partial charge in [-0.3, -0.25) is 4.39 Å². The van der Waals surface area contributed by atoms with Crippen LogP contribution in [0, 0.1) is 0 Å². The number of rotatable bonds is 3. The molecule has 0 radical (unpaired) electrons. The summed E-state index contributed by atoms with van der Waals surface area (Å²) in [6.45, 7) is 8.75. The molecule has 3 heteroatoms. The van der Waals surface area contributed by atoms with Gasteiger partial charge in [0.15, 0.2) is 0 Å². The highest BCUT2D eigenvalue weighted by Gasteiger charge is 2.45. The number of nitrogens with zero attached hydrogens (tertiary/aromatic N) is 2. The molecule has 0 spiro atoms. The van der Waals surface area contributed by atoms with Gasteiger partial charge in [-0.05, 0) is 0 Å². The van der Waals surface area contributed by atoms with Crippen molar-refractivity contribution < 1.29 is 13.4 Å². The Balaban J connectivity index is 1.95. The molecule has 76 valence electrons. The van der Waals surface area contributed by atoms with Crippen LogP contribution in [0.3, 0.4) is 0 Å². The molecule has 2 bridgehead atoms. The Kier molecular flexibility index (Phi) is 2.32. The summed E-state index contributed by atoms with van der Waals surface area (Å²) in [5.74, 6) is 0. The van der Waals surface area contributed by atoms with Gasteiger partial charge in [-0.1, -0.05) is 0 Å². The van der Waals surface area contributed by atoms with Gasteiger partial charge in [-0.2, -0.15) is 0 Å². The molecule has 3 saturated heterocycles. The summed E-state index contributed by atoms with van der Waals surface area (Å²) in [6, 6.07) is 0. The predicted molar refractivity (Wildman–Crippen MR) is 51.1 cm³/mol. The molecule has 13 heavy (non-hydrogen) atoms. The molecule has 3 heterocycles. The summed E-state index contributed by atoms with van der Waals surface area (Å²) in [5, 5.41) is 0. The van der Waals surface area contributed by atoms with Crippen LogP contribution in [0.4, 0.5) is 4.39 Å². The fraction of sp³-hybridized carbons (Fsp3) is 1.00. The van der Waals surface area contributed by atoms with Crippen molar-refractivity contribution in [2.24, 2.45) is 0 Å². The number of hydrogen-bond acceptors (Lipinski definition) is 0. The van der Waals surface area contributed by atoms with Crippen molar-refractivity contribution in [2.45, 2.75) is 6.42 Å². The topological polar surface area (TPSA) is 0 Å². The van der Waals surface area contributed by atoms with E-state index < -0.39 is 0 Å². The number of alkyl halides is 1. The van der Waals surface area contributed by atoms with Crippen LogP contribution in [-0.2, 0) is 0 Å². The zero-order valence-electron chi connectivity index (χ0n) is 8.64. The Labute approximate surface area is 80.1 Å². The monoisotopic (exact) mass is 188 g/mol. The summed E-state index contributed by atoms with van der Waals surface area (Å²) in [4.78, 5) is 0. The highest BCUT2D eigenvalue weighted by molar-refractivity contribution is 4.59. The SMILES string of the molecule is C[N+]12CC[N+](CCCF)(CC1)CC2. The van der Waals surface area contributed by atoms with Gasteiger partial charge in [-0.25, -0.2) is 0 Å². The van der Waals surface area contributed by atoms with Crippen molar-refractivity contribution in [1.82, 2.24) is 0 Å². The van der Waals surface area contributed by atoms with Gasteiger partial charge in [-0.15, -0.1) is 0 Å². The Bertz CT molecular complexity index is 163. The first-order valence-electron chi connectivity index (χ1n) is 5.43. The van der Waals surface area contributed by atoms with Gasteiger partial charge in [0.2, 0.25) is 0 Å². The van der Waals surface area contributed by atoms with Crippen molar-refractivity contribution in [1.29, 1.82) is 0 Å². The summed E-state index contributed by atoms with van der Waals surface area (Å²) in [6.07, 6.45) is 0.768. The quantitative estimate of drug-likeness (QED) is 0.570. The molecule has 2 nitrogen and oxygen atoms in total. The molecule has 0 N–H and O–H groups in total. The number of hydrogen-bond donors (Lipinski definition) is 0. The number of halogens is 1. The summed E-state index contributed by atoms with van der Waals surface area (Å²) in [7, 11) is 2.36. The fourth-order valence-electron chi connectivity index (χ4n) is 2.76. The zero-order chi connectivity index (χ0) is 9.36. The average Bonchev–Trinajstić information content (AvgIpc) is 2.18. The minimum atomic E-state index is -0.133. The summed E-state index contributed by atoms with van der Waals surface area (Å²) >= 11 is 0. The van der Waals surface area contributed by atoms with Crippen LogP contribution in [0.2, 0.25) is 0 Å². The average molecular weight is 188 g/mol. The van der Waals surface area contributed by atoms with E-state index in [-0.39, 0.29) is 6.67 Å². The van der Waals surface area contributed by atoms with E-state index in [0.29, 0.717) is 0 Å². The van der Waals surface area contributed by atoms with Crippen LogP contribution in [0.15, 0.2) is 0 Å². The third-order valence-corrected chi connectivity index (χ3v) is 4.11. The molecule has 0 aromatic carbocycles. The third kappa shape index (κ3) is 1.72. The Morgan fingerprint density at radius 2 is 1.54 bits per heavy atom. The minimum Gasteiger partial charge on any atom is -0.312 e. The van der Waals surface area contributed by atoms with E-state index in [1.165, 1.54) is 48.2 Å². The lowest BCUT2D eigenvalue weighted by Crippen LogP contribution is -2.73. The van der Waals surface area contributed by atoms with Crippen LogP contribution in [0.1, 0.15) is 6.42 Å². The molecule has 0 aliphatic carbocycles. The van der Waals surface area contributed by atoms with E-state index in [1.807, 2.05) is 0 Å². The van der Waals surface area contributed by atoms with Gasteiger partial charge in [0, 0.05) is 6.42 Å². The maximum absolute atomic E-state index is 12.1. The van der Waals surface area contributed by atoms with Crippen molar-refractivity contribution in [3.8, 4) is 0 Å². The second-order valence-corrected chi connectivity index (χ2v) is 5.07. The smallest absolute Gasteiger partial charge is 0.129 e. The van der Waals surface area contributed by atoms with E-state index in [1.54, 1.807) is 0 Å². The van der Waals surface area contributed by atoms with Crippen molar-refractivity contribution >= 4 is 0 Å². The first kappa shape index (κ1) is 9.41. The molecule has 3 rings (SSSR count). The molecule has 0 aromatic heterocycles. The van der Waals surface area contributed by atoms with E-state index >= 15 is 0 Å². The Hall–Kier alpha value is -0.150. The lowest BCUT2D eigenvalue weighted by molar-refractivity contribution is -1.07. The maximum atomic E-state index is 12.1. The van der Waals surface area contributed by atoms with E-state index in [4.69, 9.17) is 0 Å². The van der Waals surface area contributed by atoms with E-state index in [9.17, 15) is 4.39 Å². The predicted octanol–water partition coefficient (Wildman–Crippen LogP) is 0.637. The van der Waals surface area contributed by atoms with Gasteiger partial charge >= 0.3 is 0 Å². The molecular formula is C10H21FN2+2. The number of piperazine rings is 3. The van der Waals surface area contributed by atoms with Crippen LogP contribution in [0.5, 0.6) is 0 Å². The summed E-state index contributed by atoms with van der Waals surface area (Å²) < 4.78 is 14.6. The highest BCUT2D eigenvalue weighted by Crippen LogP contribution is 2.24. The van der Waals surface area contributed by atoms with Crippen molar-refractivity contribution in [2.75, 3.05) is 59.5 Å². The lowest BCUT2D eigenvalue weighted by Gasteiger charge is -2.54. The van der Waals surface area contributed by atoms with Gasteiger partial charge < -0.3 is 8.97 Å². The largest absolute Gasteiger partial charge is 0.312 e. The number of fused-ring (bicyclic) bond motifs is 3. The van der Waals surface area contributed by atoms with Crippen LogP contribution >= 0.6 is 0 Å². The maximum Gasteiger partial charge on any atom is 0.129 e. The lowest BCUT2D eigenvalue weighted by atomic mass is 10.1. The molecular weight excluding hydrogens is 167 g/mol. The van der Waals surface area contributed by atoms with Gasteiger partial charge in [0.05, 0.1) is 20.3 Å². The van der Waals surface area contributed by atoms with Crippen molar-refractivity contribution in [3.63, 3.8) is 0 Å². The summed E-state index contributed by atoms with van der Waals surface area (Å²) in [5.41, 5.74) is 0. The molecule has 0 unspecified atom stereocenters. The molecule has 0 amide bonds. The molecule has 0 saturated carbocycles.